The third-order valence-electron chi connectivity index (χ3n) is 1.53. The van der Waals surface area contributed by atoms with E-state index >= 15 is 0 Å². The average Bonchev–Trinajstić information content (AvgIpc) is 2.03. The van der Waals surface area contributed by atoms with E-state index in [1.807, 2.05) is 6.92 Å². The Balaban J connectivity index is 3.12. The largest absolute Gasteiger partial charge is 0.393 e. The number of aryl methyl sites for hydroxylation is 1. The number of anilines is 1. The molecule has 1 heterocycles. The molecule has 0 atom stereocenters. The molecule has 0 bridgehead atoms. The molecule has 0 saturated carbocycles. The summed E-state index contributed by atoms with van der Waals surface area (Å²) >= 11 is 0. The van der Waals surface area contributed by atoms with Crippen LogP contribution >= 0.6 is 0 Å². The molecular weight excluding hydrogens is 158 g/mol. The molecule has 0 aliphatic carbocycles. The molecular formula is C7H9N3O2. The molecule has 64 valence electrons. The Morgan fingerprint density at radius 2 is 2.42 bits per heavy atom. The number of nitrogen functional groups attached to an aromatic ring is 1. The van der Waals surface area contributed by atoms with Crippen molar-refractivity contribution in [3.05, 3.63) is 28.1 Å². The molecule has 5 nitrogen and oxygen atoms in total. The fourth-order valence-corrected chi connectivity index (χ4v) is 0.855. The maximum atomic E-state index is 10.3. The lowest BCUT2D eigenvalue weighted by molar-refractivity contribution is -0.384. The SMILES string of the molecule is CCc1cc(N)c([N+](=O)[O-])cn1. The second-order valence-corrected chi connectivity index (χ2v) is 2.35. The van der Waals surface area contributed by atoms with Gasteiger partial charge >= 0.3 is 5.69 Å². The summed E-state index contributed by atoms with van der Waals surface area (Å²) in [6.07, 6.45) is 1.91. The summed E-state index contributed by atoms with van der Waals surface area (Å²) in [4.78, 5) is 13.6. The van der Waals surface area contributed by atoms with Crippen molar-refractivity contribution < 1.29 is 4.92 Å². The summed E-state index contributed by atoms with van der Waals surface area (Å²) in [7, 11) is 0. The van der Waals surface area contributed by atoms with E-state index in [1.165, 1.54) is 12.3 Å². The second kappa shape index (κ2) is 3.17. The Labute approximate surface area is 69.4 Å². The molecule has 0 amide bonds. The first-order valence-corrected chi connectivity index (χ1v) is 3.54. The van der Waals surface area contributed by atoms with E-state index in [0.29, 0.717) is 0 Å². The highest BCUT2D eigenvalue weighted by Crippen LogP contribution is 2.19. The van der Waals surface area contributed by atoms with Crippen molar-refractivity contribution in [1.29, 1.82) is 0 Å². The van der Waals surface area contributed by atoms with E-state index in [4.69, 9.17) is 5.73 Å². The van der Waals surface area contributed by atoms with Crippen LogP contribution in [0, 0.1) is 10.1 Å². The predicted molar refractivity (Wildman–Crippen MR) is 44.7 cm³/mol. The molecule has 1 aromatic rings. The molecule has 0 aliphatic heterocycles. The standard InChI is InChI=1S/C7H9N3O2/c1-2-5-3-6(8)7(4-9-5)10(11)12/h3-4H,2H2,1H3,(H2,8,9). The van der Waals surface area contributed by atoms with Gasteiger partial charge < -0.3 is 5.73 Å². The monoisotopic (exact) mass is 167 g/mol. The van der Waals surface area contributed by atoms with Gasteiger partial charge in [-0.2, -0.15) is 0 Å². The third-order valence-corrected chi connectivity index (χ3v) is 1.53. The first-order valence-electron chi connectivity index (χ1n) is 3.54. The molecule has 1 aromatic heterocycles. The molecule has 1 rings (SSSR count). The summed E-state index contributed by atoms with van der Waals surface area (Å²) in [6, 6.07) is 1.53. The Kier molecular flexibility index (Phi) is 2.23. The summed E-state index contributed by atoms with van der Waals surface area (Å²) in [5.74, 6) is 0. The van der Waals surface area contributed by atoms with Crippen molar-refractivity contribution in [2.75, 3.05) is 5.73 Å². The first-order chi connectivity index (χ1) is 5.65. The highest BCUT2D eigenvalue weighted by molar-refractivity contribution is 5.56. The summed E-state index contributed by atoms with van der Waals surface area (Å²) < 4.78 is 0. The number of aromatic nitrogens is 1. The zero-order valence-electron chi connectivity index (χ0n) is 6.65. The molecule has 0 spiro atoms. The molecule has 0 fully saturated rings. The minimum absolute atomic E-state index is 0.132. The van der Waals surface area contributed by atoms with E-state index in [9.17, 15) is 10.1 Å². The van der Waals surface area contributed by atoms with Crippen LogP contribution in [0.25, 0.3) is 0 Å². The van der Waals surface area contributed by atoms with Crippen LogP contribution < -0.4 is 5.73 Å². The van der Waals surface area contributed by atoms with Crippen molar-refractivity contribution in [1.82, 2.24) is 4.98 Å². The quantitative estimate of drug-likeness (QED) is 0.528. The van der Waals surface area contributed by atoms with Crippen LogP contribution in [0.1, 0.15) is 12.6 Å². The highest BCUT2D eigenvalue weighted by atomic mass is 16.6. The van der Waals surface area contributed by atoms with Crippen LogP contribution in [0.3, 0.4) is 0 Å². The number of rotatable bonds is 2. The maximum absolute atomic E-state index is 10.3. The fourth-order valence-electron chi connectivity index (χ4n) is 0.855. The predicted octanol–water partition coefficient (Wildman–Crippen LogP) is 1.13. The molecule has 0 saturated heterocycles. The van der Waals surface area contributed by atoms with E-state index in [0.717, 1.165) is 12.1 Å². The van der Waals surface area contributed by atoms with Gasteiger partial charge in [0.2, 0.25) is 0 Å². The lowest BCUT2D eigenvalue weighted by atomic mass is 10.2. The summed E-state index contributed by atoms with van der Waals surface area (Å²) in [5.41, 5.74) is 6.22. The van der Waals surface area contributed by atoms with Crippen molar-refractivity contribution in [3.8, 4) is 0 Å². The maximum Gasteiger partial charge on any atom is 0.310 e. The number of hydrogen-bond donors (Lipinski definition) is 1. The van der Waals surface area contributed by atoms with Crippen LogP contribution in [0.15, 0.2) is 12.3 Å². The molecule has 12 heavy (non-hydrogen) atoms. The molecule has 0 radical (unpaired) electrons. The van der Waals surface area contributed by atoms with Gasteiger partial charge in [-0.15, -0.1) is 0 Å². The lowest BCUT2D eigenvalue weighted by Gasteiger charge is -1.98. The Morgan fingerprint density at radius 3 is 2.83 bits per heavy atom. The van der Waals surface area contributed by atoms with Gasteiger partial charge in [-0.25, -0.2) is 0 Å². The minimum Gasteiger partial charge on any atom is -0.393 e. The van der Waals surface area contributed by atoms with Crippen LogP contribution in [0.5, 0.6) is 0 Å². The van der Waals surface area contributed by atoms with Gasteiger partial charge in [-0.05, 0) is 12.5 Å². The van der Waals surface area contributed by atoms with Crippen LogP contribution in [0.2, 0.25) is 0 Å². The molecule has 5 heteroatoms. The number of pyridine rings is 1. The van der Waals surface area contributed by atoms with Gasteiger partial charge in [0.15, 0.2) is 0 Å². The van der Waals surface area contributed by atoms with E-state index in [-0.39, 0.29) is 11.4 Å². The topological polar surface area (TPSA) is 82.0 Å². The second-order valence-electron chi connectivity index (χ2n) is 2.35. The minimum atomic E-state index is -0.540. The van der Waals surface area contributed by atoms with Gasteiger partial charge in [-0.1, -0.05) is 6.92 Å². The summed E-state index contributed by atoms with van der Waals surface area (Å²) in [5, 5.41) is 10.3. The summed E-state index contributed by atoms with van der Waals surface area (Å²) in [6.45, 7) is 1.91. The van der Waals surface area contributed by atoms with Gasteiger partial charge in [0, 0.05) is 5.69 Å². The normalized spacial score (nSPS) is 9.75. The average molecular weight is 167 g/mol. The van der Waals surface area contributed by atoms with Crippen LogP contribution in [-0.4, -0.2) is 9.91 Å². The highest BCUT2D eigenvalue weighted by Gasteiger charge is 2.11. The number of nitrogens with two attached hydrogens (primary N) is 1. The smallest absolute Gasteiger partial charge is 0.310 e. The van der Waals surface area contributed by atoms with Gasteiger partial charge in [0.1, 0.15) is 11.9 Å². The van der Waals surface area contributed by atoms with Gasteiger partial charge in [0.25, 0.3) is 0 Å². The fraction of sp³-hybridized carbons (Fsp3) is 0.286. The third kappa shape index (κ3) is 1.50. The van der Waals surface area contributed by atoms with Crippen molar-refractivity contribution in [2.24, 2.45) is 0 Å². The Morgan fingerprint density at radius 1 is 1.75 bits per heavy atom. The lowest BCUT2D eigenvalue weighted by Crippen LogP contribution is -1.98. The molecule has 0 aromatic carbocycles. The van der Waals surface area contributed by atoms with E-state index in [2.05, 4.69) is 4.98 Å². The van der Waals surface area contributed by atoms with Crippen molar-refractivity contribution in [3.63, 3.8) is 0 Å². The van der Waals surface area contributed by atoms with E-state index in [1.54, 1.807) is 0 Å². The molecule has 0 aliphatic rings. The van der Waals surface area contributed by atoms with Crippen LogP contribution in [-0.2, 0) is 6.42 Å². The molecule has 2 N–H and O–H groups in total. The zero-order chi connectivity index (χ0) is 9.14. The van der Waals surface area contributed by atoms with Gasteiger partial charge in [-0.3, -0.25) is 15.1 Å². The Hall–Kier alpha value is -1.65. The Bertz CT molecular complexity index is 312. The zero-order valence-corrected chi connectivity index (χ0v) is 6.65. The first kappa shape index (κ1) is 8.45. The van der Waals surface area contributed by atoms with Gasteiger partial charge in [0.05, 0.1) is 4.92 Å². The number of nitrogens with zero attached hydrogens (tertiary/aromatic N) is 2. The van der Waals surface area contributed by atoms with Crippen LogP contribution in [0.4, 0.5) is 11.4 Å². The molecule has 0 unspecified atom stereocenters. The van der Waals surface area contributed by atoms with E-state index < -0.39 is 4.92 Å². The van der Waals surface area contributed by atoms with Crippen molar-refractivity contribution in [2.45, 2.75) is 13.3 Å². The van der Waals surface area contributed by atoms with Crippen molar-refractivity contribution >= 4 is 11.4 Å². The number of nitro groups is 1. The number of hydrogen-bond acceptors (Lipinski definition) is 4.